The third kappa shape index (κ3) is 1.97. The van der Waals surface area contributed by atoms with Gasteiger partial charge in [0.2, 0.25) is 0 Å². The van der Waals surface area contributed by atoms with Gasteiger partial charge in [0.15, 0.2) is 10.6 Å². The molecule has 0 unspecified atom stereocenters. The molecule has 0 atom stereocenters. The maximum atomic E-state index is 12.4. The Bertz CT molecular complexity index is 860. The number of nitrogens with zero attached hydrogens (tertiary/aromatic N) is 4. The van der Waals surface area contributed by atoms with Gasteiger partial charge in [0.25, 0.3) is 5.56 Å². The number of H-pyrrole nitrogens is 1. The number of aryl methyl sites for hydroxylation is 1. The molecule has 0 bridgehead atoms. The summed E-state index contributed by atoms with van der Waals surface area (Å²) in [5, 5.41) is 8.37. The van der Waals surface area contributed by atoms with Crippen LogP contribution in [0.25, 0.3) is 10.9 Å². The molecule has 0 fully saturated rings. The summed E-state index contributed by atoms with van der Waals surface area (Å²) in [4.78, 5) is 15.5. The van der Waals surface area contributed by atoms with Crippen LogP contribution in [-0.4, -0.2) is 24.3 Å². The van der Waals surface area contributed by atoms with Crippen LogP contribution in [-0.2, 0) is 13.6 Å². The van der Waals surface area contributed by atoms with Gasteiger partial charge in [0.05, 0.1) is 17.4 Å². The molecule has 0 aliphatic rings. The summed E-state index contributed by atoms with van der Waals surface area (Å²) < 4.78 is 3.63. The van der Waals surface area contributed by atoms with Crippen molar-refractivity contribution < 1.29 is 0 Å². The maximum absolute atomic E-state index is 12.4. The minimum absolute atomic E-state index is 0.123. The van der Waals surface area contributed by atoms with Gasteiger partial charge in [-0.05, 0) is 24.4 Å². The lowest BCUT2D eigenvalue weighted by Crippen LogP contribution is -2.24. The second-order valence-electron chi connectivity index (χ2n) is 4.23. The van der Waals surface area contributed by atoms with E-state index in [1.165, 1.54) is 4.57 Å². The highest BCUT2D eigenvalue weighted by atomic mass is 32.1. The molecule has 6 nitrogen and oxygen atoms in total. The fourth-order valence-electron chi connectivity index (χ4n) is 1.93. The third-order valence-electron chi connectivity index (χ3n) is 2.99. The predicted octanol–water partition coefficient (Wildman–Crippen LogP) is 1.24. The number of para-hydroxylation sites is 1. The van der Waals surface area contributed by atoms with E-state index in [1.54, 1.807) is 17.0 Å². The summed E-state index contributed by atoms with van der Waals surface area (Å²) in [6, 6.07) is 7.29. The topological polar surface area (TPSA) is 68.5 Å². The number of hydrogen-bond acceptors (Lipinski definition) is 4. The standard InChI is InChI=1S/C12H11N5OS/c1-16-7-13-15-10(16)6-17-11(18)8-4-2-3-5-9(8)14-12(17)19/h2-5,7H,6H2,1H3,(H,14,19). The van der Waals surface area contributed by atoms with Crippen LogP contribution in [0.1, 0.15) is 5.82 Å². The van der Waals surface area contributed by atoms with Crippen LogP contribution in [0, 0.1) is 4.77 Å². The summed E-state index contributed by atoms with van der Waals surface area (Å²) in [6.07, 6.45) is 1.59. The van der Waals surface area contributed by atoms with Crippen molar-refractivity contribution in [3.8, 4) is 0 Å². The summed E-state index contributed by atoms with van der Waals surface area (Å²) in [5.41, 5.74) is 0.620. The van der Waals surface area contributed by atoms with Gasteiger partial charge in [-0.25, -0.2) is 0 Å². The zero-order valence-electron chi connectivity index (χ0n) is 10.2. The largest absolute Gasteiger partial charge is 0.332 e. The molecule has 2 aromatic heterocycles. The summed E-state index contributed by atoms with van der Waals surface area (Å²) in [6.45, 7) is 0.301. The smallest absolute Gasteiger partial charge is 0.262 e. The molecule has 0 radical (unpaired) electrons. The summed E-state index contributed by atoms with van der Waals surface area (Å²) in [5.74, 6) is 0.678. The summed E-state index contributed by atoms with van der Waals surface area (Å²) >= 11 is 5.23. The van der Waals surface area contributed by atoms with Crippen LogP contribution in [0.5, 0.6) is 0 Å². The van der Waals surface area contributed by atoms with Crippen molar-refractivity contribution in [1.82, 2.24) is 24.3 Å². The number of aromatic amines is 1. The van der Waals surface area contributed by atoms with Crippen molar-refractivity contribution in [1.29, 1.82) is 0 Å². The summed E-state index contributed by atoms with van der Waals surface area (Å²) in [7, 11) is 1.83. The molecule has 19 heavy (non-hydrogen) atoms. The monoisotopic (exact) mass is 273 g/mol. The first kappa shape index (κ1) is 11.8. The van der Waals surface area contributed by atoms with Crippen LogP contribution >= 0.6 is 12.2 Å². The number of hydrogen-bond donors (Lipinski definition) is 1. The first-order valence-electron chi connectivity index (χ1n) is 5.71. The van der Waals surface area contributed by atoms with Crippen molar-refractivity contribution in [3.05, 3.63) is 51.5 Å². The van der Waals surface area contributed by atoms with E-state index in [0.29, 0.717) is 22.5 Å². The molecule has 0 spiro atoms. The zero-order valence-corrected chi connectivity index (χ0v) is 11.0. The molecule has 3 rings (SSSR count). The SMILES string of the molecule is Cn1cnnc1Cn1c(=S)[nH]c2ccccc2c1=O. The molecule has 0 saturated carbocycles. The molecule has 1 aromatic carbocycles. The van der Waals surface area contributed by atoms with Crippen molar-refractivity contribution in [2.75, 3.05) is 0 Å². The molecule has 0 amide bonds. The van der Waals surface area contributed by atoms with E-state index >= 15 is 0 Å². The Balaban J connectivity index is 2.22. The number of nitrogens with one attached hydrogen (secondary N) is 1. The first-order chi connectivity index (χ1) is 9.16. The van der Waals surface area contributed by atoms with E-state index in [-0.39, 0.29) is 5.56 Å². The lowest BCUT2D eigenvalue weighted by molar-refractivity contribution is 0.662. The normalized spacial score (nSPS) is 11.0. The van der Waals surface area contributed by atoms with Crippen LogP contribution in [0.2, 0.25) is 0 Å². The Labute approximate surface area is 113 Å². The molecule has 96 valence electrons. The van der Waals surface area contributed by atoms with Crippen LogP contribution in [0.15, 0.2) is 35.4 Å². The molecule has 0 aliphatic heterocycles. The van der Waals surface area contributed by atoms with Gasteiger partial charge in [0, 0.05) is 7.05 Å². The molecule has 0 saturated heterocycles. The van der Waals surface area contributed by atoms with E-state index in [0.717, 1.165) is 5.52 Å². The van der Waals surface area contributed by atoms with E-state index in [1.807, 2.05) is 25.2 Å². The molecular formula is C12H11N5OS. The Kier molecular flexibility index (Phi) is 2.75. The fraction of sp³-hybridized carbons (Fsp3) is 0.167. The highest BCUT2D eigenvalue weighted by Gasteiger charge is 2.08. The van der Waals surface area contributed by atoms with Gasteiger partial charge in [-0.1, -0.05) is 12.1 Å². The van der Waals surface area contributed by atoms with Gasteiger partial charge in [-0.3, -0.25) is 9.36 Å². The van der Waals surface area contributed by atoms with Gasteiger partial charge < -0.3 is 9.55 Å². The van der Waals surface area contributed by atoms with Crippen LogP contribution < -0.4 is 5.56 Å². The van der Waals surface area contributed by atoms with Gasteiger partial charge in [-0.2, -0.15) is 0 Å². The quantitative estimate of drug-likeness (QED) is 0.713. The lowest BCUT2D eigenvalue weighted by atomic mass is 10.2. The van der Waals surface area contributed by atoms with Crippen molar-refractivity contribution in [2.45, 2.75) is 6.54 Å². The van der Waals surface area contributed by atoms with Gasteiger partial charge in [0.1, 0.15) is 6.33 Å². The maximum Gasteiger partial charge on any atom is 0.262 e. The first-order valence-corrected chi connectivity index (χ1v) is 6.12. The van der Waals surface area contributed by atoms with Gasteiger partial charge in [-0.15, -0.1) is 10.2 Å². The Morgan fingerprint density at radius 2 is 2.16 bits per heavy atom. The minimum Gasteiger partial charge on any atom is -0.332 e. The molecule has 1 N–H and O–H groups in total. The number of benzene rings is 1. The molecular weight excluding hydrogens is 262 g/mol. The molecule has 2 heterocycles. The minimum atomic E-state index is -0.123. The van der Waals surface area contributed by atoms with E-state index in [9.17, 15) is 4.79 Å². The van der Waals surface area contributed by atoms with E-state index < -0.39 is 0 Å². The van der Waals surface area contributed by atoms with Crippen LogP contribution in [0.3, 0.4) is 0 Å². The average molecular weight is 273 g/mol. The average Bonchev–Trinajstić information content (AvgIpc) is 2.80. The number of fused-ring (bicyclic) bond motifs is 1. The predicted molar refractivity (Wildman–Crippen MR) is 73.5 cm³/mol. The van der Waals surface area contributed by atoms with Crippen molar-refractivity contribution >= 4 is 23.1 Å². The Hall–Kier alpha value is -2.28. The third-order valence-corrected chi connectivity index (χ3v) is 3.32. The highest BCUT2D eigenvalue weighted by molar-refractivity contribution is 7.71. The number of rotatable bonds is 2. The number of aromatic nitrogens is 5. The molecule has 0 aliphatic carbocycles. The van der Waals surface area contributed by atoms with E-state index in [4.69, 9.17) is 12.2 Å². The Morgan fingerprint density at radius 3 is 2.89 bits per heavy atom. The van der Waals surface area contributed by atoms with Gasteiger partial charge >= 0.3 is 0 Å². The van der Waals surface area contributed by atoms with Crippen molar-refractivity contribution in [3.63, 3.8) is 0 Å². The lowest BCUT2D eigenvalue weighted by Gasteiger charge is -2.07. The highest BCUT2D eigenvalue weighted by Crippen LogP contribution is 2.06. The zero-order chi connectivity index (χ0) is 13.4. The Morgan fingerprint density at radius 1 is 1.37 bits per heavy atom. The van der Waals surface area contributed by atoms with E-state index in [2.05, 4.69) is 15.2 Å². The fourth-order valence-corrected chi connectivity index (χ4v) is 2.19. The molecule has 7 heteroatoms. The van der Waals surface area contributed by atoms with Crippen molar-refractivity contribution in [2.24, 2.45) is 7.05 Å². The second kappa shape index (κ2) is 4.43. The molecule has 3 aromatic rings. The second-order valence-corrected chi connectivity index (χ2v) is 4.61. The van der Waals surface area contributed by atoms with Crippen LogP contribution in [0.4, 0.5) is 0 Å².